The Hall–Kier alpha value is 0.309. The molecule has 1 aliphatic heterocycles. The molecule has 7 heavy (non-hydrogen) atoms. The maximum absolute atomic E-state index is 4.83. The van der Waals surface area contributed by atoms with E-state index in [2.05, 4.69) is 41.8 Å². The molecular formula is C2HN2OSe2. The average molecular weight is 227 g/mol. The Morgan fingerprint density at radius 1 is 1.71 bits per heavy atom. The summed E-state index contributed by atoms with van der Waals surface area (Å²) in [4.78, 5) is 0. The van der Waals surface area contributed by atoms with E-state index in [4.69, 9.17) is 4.74 Å². The summed E-state index contributed by atoms with van der Waals surface area (Å²) in [5.74, 6) is 0. The third-order valence-electron chi connectivity index (χ3n) is 0.435. The van der Waals surface area contributed by atoms with Gasteiger partial charge in [0.1, 0.15) is 0 Å². The SMILES string of the molecule is [Se]C1N=NC(=[Se])O1. The minimum absolute atomic E-state index is 0.212. The molecule has 0 aromatic heterocycles. The van der Waals surface area contributed by atoms with Crippen LogP contribution in [0.1, 0.15) is 0 Å². The molecule has 0 aromatic rings. The fourth-order valence-electron chi connectivity index (χ4n) is 0.228. The van der Waals surface area contributed by atoms with Gasteiger partial charge in [-0.2, -0.15) is 0 Å². The van der Waals surface area contributed by atoms with E-state index in [1.54, 1.807) is 0 Å². The Balaban J connectivity index is 2.58. The van der Waals surface area contributed by atoms with E-state index in [9.17, 15) is 0 Å². The van der Waals surface area contributed by atoms with E-state index in [-0.39, 0.29) is 5.13 Å². The summed E-state index contributed by atoms with van der Waals surface area (Å²) in [6, 6.07) is 0. The van der Waals surface area contributed by atoms with Crippen molar-refractivity contribution in [3.05, 3.63) is 0 Å². The topological polar surface area (TPSA) is 34.0 Å². The van der Waals surface area contributed by atoms with Crippen molar-refractivity contribution in [3.63, 3.8) is 0 Å². The first-order valence-corrected chi connectivity index (χ1v) is 3.41. The molecule has 1 aliphatic rings. The summed E-state index contributed by atoms with van der Waals surface area (Å²) in [6.07, 6.45) is 0. The van der Waals surface area contributed by atoms with Crippen LogP contribution in [-0.4, -0.2) is 41.4 Å². The molecule has 0 aromatic carbocycles. The summed E-state index contributed by atoms with van der Waals surface area (Å²) < 4.78 is 5.34. The Bertz CT molecular complexity index is 123. The second-order valence-electron chi connectivity index (χ2n) is 0.906. The van der Waals surface area contributed by atoms with Gasteiger partial charge in [0.2, 0.25) is 0 Å². The molecule has 1 atom stereocenters. The molecule has 1 heterocycles. The normalized spacial score (nSPS) is 28.1. The minimum atomic E-state index is -0.212. The standard InChI is InChI=1S/C2HN2OSe2/c6-1-3-4-2(7)5-1/h1H. The van der Waals surface area contributed by atoms with Gasteiger partial charge in [-0.3, -0.25) is 0 Å². The van der Waals surface area contributed by atoms with Gasteiger partial charge in [-0.05, 0) is 0 Å². The molecule has 0 amide bonds. The zero-order valence-corrected chi connectivity index (χ0v) is 6.62. The Labute approximate surface area is 56.7 Å². The van der Waals surface area contributed by atoms with Gasteiger partial charge < -0.3 is 0 Å². The molecule has 1 radical (unpaired) electrons. The summed E-state index contributed by atoms with van der Waals surface area (Å²) in [7, 11) is 0. The summed E-state index contributed by atoms with van der Waals surface area (Å²) in [6.45, 7) is 0. The van der Waals surface area contributed by atoms with E-state index < -0.39 is 0 Å². The van der Waals surface area contributed by atoms with Crippen molar-refractivity contribution in [3.8, 4) is 0 Å². The van der Waals surface area contributed by atoms with Gasteiger partial charge >= 0.3 is 56.4 Å². The first-order valence-electron chi connectivity index (χ1n) is 1.56. The second-order valence-corrected chi connectivity index (χ2v) is 2.49. The van der Waals surface area contributed by atoms with E-state index in [1.165, 1.54) is 0 Å². The third-order valence-corrected chi connectivity index (χ3v) is 1.21. The van der Waals surface area contributed by atoms with Crippen LogP contribution in [0.2, 0.25) is 0 Å². The zero-order valence-electron chi connectivity index (χ0n) is 3.20. The molecule has 0 aliphatic carbocycles. The van der Waals surface area contributed by atoms with Gasteiger partial charge in [-0.25, -0.2) is 0 Å². The number of azo groups is 1. The van der Waals surface area contributed by atoms with Crippen molar-refractivity contribution in [1.29, 1.82) is 0 Å². The van der Waals surface area contributed by atoms with E-state index in [1.807, 2.05) is 0 Å². The van der Waals surface area contributed by atoms with Crippen LogP contribution in [0.4, 0.5) is 0 Å². The summed E-state index contributed by atoms with van der Waals surface area (Å²) in [5, 5.41) is 6.93. The quantitative estimate of drug-likeness (QED) is 0.497. The van der Waals surface area contributed by atoms with Crippen molar-refractivity contribution >= 4 is 36.3 Å². The monoisotopic (exact) mass is 229 g/mol. The van der Waals surface area contributed by atoms with Gasteiger partial charge in [0.25, 0.3) is 0 Å². The number of rotatable bonds is 0. The van der Waals surface area contributed by atoms with Crippen LogP contribution in [-0.2, 0) is 4.74 Å². The fraction of sp³-hybridized carbons (Fsp3) is 0.500. The Morgan fingerprint density at radius 2 is 2.43 bits per heavy atom. The molecule has 0 fully saturated rings. The summed E-state index contributed by atoms with van der Waals surface area (Å²) >= 11 is 5.23. The molecule has 1 rings (SSSR count). The molecule has 0 bridgehead atoms. The number of ether oxygens (including phenoxy) is 1. The molecule has 37 valence electrons. The Morgan fingerprint density at radius 3 is 2.57 bits per heavy atom. The van der Waals surface area contributed by atoms with E-state index >= 15 is 0 Å². The van der Waals surface area contributed by atoms with Crippen molar-refractivity contribution in [2.45, 2.75) is 5.13 Å². The Kier molecular flexibility index (Phi) is 1.60. The van der Waals surface area contributed by atoms with Crippen molar-refractivity contribution < 1.29 is 4.74 Å². The number of nitrogens with zero attached hydrogens (tertiary/aromatic N) is 2. The van der Waals surface area contributed by atoms with Gasteiger partial charge in [-0.1, -0.05) is 0 Å². The van der Waals surface area contributed by atoms with Gasteiger partial charge in [0, 0.05) is 0 Å². The first kappa shape index (κ1) is 5.45. The summed E-state index contributed by atoms with van der Waals surface area (Å²) in [5.41, 5.74) is 0. The molecule has 3 nitrogen and oxygen atoms in total. The fourth-order valence-corrected chi connectivity index (χ4v) is 1.12. The van der Waals surface area contributed by atoms with Crippen LogP contribution in [0.3, 0.4) is 0 Å². The first-order chi connectivity index (χ1) is 3.29. The van der Waals surface area contributed by atoms with Crippen LogP contribution in [0.5, 0.6) is 0 Å². The van der Waals surface area contributed by atoms with Gasteiger partial charge in [0.15, 0.2) is 0 Å². The predicted molar refractivity (Wildman–Crippen MR) is 26.2 cm³/mol. The number of hydrogen-bond acceptors (Lipinski definition) is 3. The van der Waals surface area contributed by atoms with Crippen LogP contribution in [0.15, 0.2) is 10.2 Å². The maximum atomic E-state index is 4.83. The molecule has 0 N–H and O–H groups in total. The molecule has 0 spiro atoms. The van der Waals surface area contributed by atoms with Crippen LogP contribution >= 0.6 is 0 Å². The molecule has 0 saturated heterocycles. The van der Waals surface area contributed by atoms with Crippen LogP contribution < -0.4 is 0 Å². The molecular weight excluding hydrogens is 226 g/mol. The van der Waals surface area contributed by atoms with Crippen molar-refractivity contribution in [2.75, 3.05) is 0 Å². The molecule has 0 saturated carbocycles. The van der Waals surface area contributed by atoms with Gasteiger partial charge in [-0.15, -0.1) is 0 Å². The van der Waals surface area contributed by atoms with Crippen LogP contribution in [0, 0.1) is 0 Å². The third kappa shape index (κ3) is 1.35. The van der Waals surface area contributed by atoms with Crippen LogP contribution in [0.25, 0.3) is 0 Å². The molecule has 5 heteroatoms. The van der Waals surface area contributed by atoms with Crippen molar-refractivity contribution in [1.82, 2.24) is 0 Å². The number of hydrogen-bond donors (Lipinski definition) is 0. The molecule has 1 unspecified atom stereocenters. The second kappa shape index (κ2) is 2.05. The van der Waals surface area contributed by atoms with Gasteiger partial charge in [0.05, 0.1) is 0 Å². The zero-order chi connectivity index (χ0) is 5.28. The predicted octanol–water partition coefficient (Wildman–Crippen LogP) is -0.823. The van der Waals surface area contributed by atoms with E-state index in [0.29, 0.717) is 4.73 Å². The van der Waals surface area contributed by atoms with E-state index in [0.717, 1.165) is 0 Å². The van der Waals surface area contributed by atoms with Crippen molar-refractivity contribution in [2.24, 2.45) is 10.2 Å². The average Bonchev–Trinajstić information content (AvgIpc) is 1.87.